The summed E-state index contributed by atoms with van der Waals surface area (Å²) in [6.45, 7) is 0.880. The van der Waals surface area contributed by atoms with Gasteiger partial charge in [0.25, 0.3) is 0 Å². The first-order chi connectivity index (χ1) is 8.84. The van der Waals surface area contributed by atoms with Crippen molar-refractivity contribution in [3.8, 4) is 0 Å². The van der Waals surface area contributed by atoms with Crippen LogP contribution in [-0.4, -0.2) is 12.5 Å². The van der Waals surface area contributed by atoms with Gasteiger partial charge in [-0.3, -0.25) is 4.79 Å². The van der Waals surface area contributed by atoms with Gasteiger partial charge in [0.1, 0.15) is 12.4 Å². The fraction of sp³-hybridized carbons (Fsp3) is 0.214. The third-order valence-corrected chi connectivity index (χ3v) is 2.38. The zero-order chi connectivity index (χ0) is 12.6. The molecule has 4 heteroatoms. The normalized spacial score (nSPS) is 10.2. The van der Waals surface area contributed by atoms with Crippen LogP contribution >= 0.6 is 0 Å². The highest BCUT2D eigenvalue weighted by Crippen LogP contribution is 2.00. The summed E-state index contributed by atoms with van der Waals surface area (Å²) in [5.41, 5.74) is 1.05. The number of ether oxygens (including phenoxy) is 1. The van der Waals surface area contributed by atoms with Crippen molar-refractivity contribution in [2.45, 2.75) is 13.2 Å². The summed E-state index contributed by atoms with van der Waals surface area (Å²) in [5, 5.41) is 2.71. The zero-order valence-electron chi connectivity index (χ0n) is 9.96. The number of hydrogen-bond acceptors (Lipinski definition) is 3. The standard InChI is InChI=1S/C14H15NO3/c16-14(15-9-13-7-4-8-18-13)11-17-10-12-5-2-1-3-6-12/h1-8H,9-11H2,(H,15,16). The summed E-state index contributed by atoms with van der Waals surface area (Å²) in [6, 6.07) is 13.3. The minimum atomic E-state index is -0.151. The van der Waals surface area contributed by atoms with Gasteiger partial charge in [0.05, 0.1) is 19.4 Å². The van der Waals surface area contributed by atoms with Crippen molar-refractivity contribution in [1.82, 2.24) is 5.32 Å². The Balaban J connectivity index is 1.63. The summed E-state index contributed by atoms with van der Waals surface area (Å²) in [4.78, 5) is 11.5. The van der Waals surface area contributed by atoms with Crippen molar-refractivity contribution in [3.63, 3.8) is 0 Å². The highest BCUT2D eigenvalue weighted by atomic mass is 16.5. The Labute approximate surface area is 106 Å². The first kappa shape index (κ1) is 12.4. The van der Waals surface area contributed by atoms with Crippen LogP contribution in [0.3, 0.4) is 0 Å². The molecular weight excluding hydrogens is 230 g/mol. The topological polar surface area (TPSA) is 51.5 Å². The molecule has 0 unspecified atom stereocenters. The summed E-state index contributed by atoms with van der Waals surface area (Å²) in [7, 11) is 0. The Kier molecular flexibility index (Phi) is 4.55. The average molecular weight is 245 g/mol. The van der Waals surface area contributed by atoms with Gasteiger partial charge >= 0.3 is 0 Å². The first-order valence-electron chi connectivity index (χ1n) is 5.75. The maximum atomic E-state index is 11.5. The minimum Gasteiger partial charge on any atom is -0.467 e. The number of benzene rings is 1. The van der Waals surface area contributed by atoms with Crippen LogP contribution in [0.15, 0.2) is 53.1 Å². The molecule has 1 aromatic carbocycles. The number of furan rings is 1. The second-order valence-electron chi connectivity index (χ2n) is 3.83. The predicted molar refractivity (Wildman–Crippen MR) is 66.7 cm³/mol. The van der Waals surface area contributed by atoms with E-state index in [-0.39, 0.29) is 12.5 Å². The highest BCUT2D eigenvalue weighted by molar-refractivity contribution is 5.77. The Morgan fingerprint density at radius 3 is 2.72 bits per heavy atom. The van der Waals surface area contributed by atoms with E-state index in [2.05, 4.69) is 5.32 Å². The summed E-state index contributed by atoms with van der Waals surface area (Å²) >= 11 is 0. The molecule has 1 amide bonds. The molecule has 0 saturated heterocycles. The molecule has 0 atom stereocenters. The summed E-state index contributed by atoms with van der Waals surface area (Å²) in [6.07, 6.45) is 1.58. The maximum absolute atomic E-state index is 11.5. The van der Waals surface area contributed by atoms with E-state index < -0.39 is 0 Å². The fourth-order valence-electron chi connectivity index (χ4n) is 1.49. The predicted octanol–water partition coefficient (Wildman–Crippen LogP) is 2.11. The second-order valence-corrected chi connectivity index (χ2v) is 3.83. The lowest BCUT2D eigenvalue weighted by Gasteiger charge is -2.05. The number of amides is 1. The van der Waals surface area contributed by atoms with Crippen LogP contribution < -0.4 is 5.32 Å². The van der Waals surface area contributed by atoms with Crippen molar-refractivity contribution in [1.29, 1.82) is 0 Å². The van der Waals surface area contributed by atoms with E-state index in [4.69, 9.17) is 9.15 Å². The van der Waals surface area contributed by atoms with Crippen LogP contribution in [0.2, 0.25) is 0 Å². The number of rotatable bonds is 6. The molecule has 1 N–H and O–H groups in total. The quantitative estimate of drug-likeness (QED) is 0.848. The SMILES string of the molecule is O=C(COCc1ccccc1)NCc1ccco1. The molecule has 94 valence electrons. The van der Waals surface area contributed by atoms with Crippen molar-refractivity contribution in [3.05, 3.63) is 60.1 Å². The number of nitrogens with one attached hydrogen (secondary N) is 1. The van der Waals surface area contributed by atoms with Gasteiger partial charge in [-0.2, -0.15) is 0 Å². The van der Waals surface area contributed by atoms with E-state index in [0.29, 0.717) is 13.2 Å². The third-order valence-electron chi connectivity index (χ3n) is 2.38. The Morgan fingerprint density at radius 1 is 1.17 bits per heavy atom. The van der Waals surface area contributed by atoms with Crippen LogP contribution in [0.1, 0.15) is 11.3 Å². The lowest BCUT2D eigenvalue weighted by Crippen LogP contribution is -2.26. The van der Waals surface area contributed by atoms with Gasteiger partial charge in [-0.1, -0.05) is 30.3 Å². The molecule has 2 rings (SSSR count). The summed E-state index contributed by atoms with van der Waals surface area (Å²) < 4.78 is 10.4. The van der Waals surface area contributed by atoms with E-state index in [0.717, 1.165) is 11.3 Å². The van der Waals surface area contributed by atoms with Crippen LogP contribution in [0.4, 0.5) is 0 Å². The van der Waals surface area contributed by atoms with Gasteiger partial charge in [0, 0.05) is 0 Å². The molecule has 4 nitrogen and oxygen atoms in total. The molecule has 0 aliphatic heterocycles. The second kappa shape index (κ2) is 6.61. The van der Waals surface area contributed by atoms with Crippen LogP contribution in [0, 0.1) is 0 Å². The molecule has 1 heterocycles. The van der Waals surface area contributed by atoms with E-state index in [1.165, 1.54) is 0 Å². The smallest absolute Gasteiger partial charge is 0.246 e. The van der Waals surface area contributed by atoms with Crippen molar-refractivity contribution < 1.29 is 13.9 Å². The van der Waals surface area contributed by atoms with Crippen LogP contribution in [-0.2, 0) is 22.7 Å². The van der Waals surface area contributed by atoms with E-state index >= 15 is 0 Å². The monoisotopic (exact) mass is 245 g/mol. The molecule has 0 radical (unpaired) electrons. The van der Waals surface area contributed by atoms with Crippen molar-refractivity contribution in [2.75, 3.05) is 6.61 Å². The Morgan fingerprint density at radius 2 is 2.00 bits per heavy atom. The highest BCUT2D eigenvalue weighted by Gasteiger charge is 2.02. The van der Waals surface area contributed by atoms with Gasteiger partial charge < -0.3 is 14.5 Å². The molecule has 0 aliphatic rings. The lowest BCUT2D eigenvalue weighted by molar-refractivity contribution is -0.126. The number of carbonyl (C=O) groups excluding carboxylic acids is 1. The van der Waals surface area contributed by atoms with E-state index in [1.54, 1.807) is 12.3 Å². The summed E-state index contributed by atoms with van der Waals surface area (Å²) in [5.74, 6) is 0.578. The van der Waals surface area contributed by atoms with Gasteiger partial charge in [0.15, 0.2) is 0 Å². The average Bonchev–Trinajstić information content (AvgIpc) is 2.91. The molecule has 0 spiro atoms. The zero-order valence-corrected chi connectivity index (χ0v) is 9.96. The maximum Gasteiger partial charge on any atom is 0.246 e. The van der Waals surface area contributed by atoms with E-state index in [9.17, 15) is 4.79 Å². The lowest BCUT2D eigenvalue weighted by atomic mass is 10.2. The molecule has 0 aliphatic carbocycles. The molecule has 18 heavy (non-hydrogen) atoms. The molecule has 1 aromatic heterocycles. The van der Waals surface area contributed by atoms with Crippen molar-refractivity contribution in [2.24, 2.45) is 0 Å². The third kappa shape index (κ3) is 4.07. The van der Waals surface area contributed by atoms with Gasteiger partial charge in [-0.15, -0.1) is 0 Å². The van der Waals surface area contributed by atoms with Gasteiger partial charge in [-0.05, 0) is 17.7 Å². The molecular formula is C14H15NO3. The molecule has 2 aromatic rings. The van der Waals surface area contributed by atoms with Crippen LogP contribution in [0.25, 0.3) is 0 Å². The minimum absolute atomic E-state index is 0.0512. The van der Waals surface area contributed by atoms with Crippen LogP contribution in [0.5, 0.6) is 0 Å². The first-order valence-corrected chi connectivity index (χ1v) is 5.75. The molecule has 0 bridgehead atoms. The Bertz CT molecular complexity index is 465. The number of carbonyl (C=O) groups is 1. The van der Waals surface area contributed by atoms with Gasteiger partial charge in [0.2, 0.25) is 5.91 Å². The molecule has 0 fully saturated rings. The number of hydrogen-bond donors (Lipinski definition) is 1. The molecule has 0 saturated carbocycles. The Hall–Kier alpha value is -2.07. The largest absolute Gasteiger partial charge is 0.467 e. The van der Waals surface area contributed by atoms with E-state index in [1.807, 2.05) is 36.4 Å². The van der Waals surface area contributed by atoms with Crippen molar-refractivity contribution >= 4 is 5.91 Å². The van der Waals surface area contributed by atoms with Gasteiger partial charge in [-0.25, -0.2) is 0 Å². The fourth-order valence-corrected chi connectivity index (χ4v) is 1.49.